The number of anilines is 3. The molecule has 0 fully saturated rings. The zero-order valence-corrected chi connectivity index (χ0v) is 20.2. The Labute approximate surface area is 218 Å². The summed E-state index contributed by atoms with van der Waals surface area (Å²) in [4.78, 5) is 4.37. The van der Waals surface area contributed by atoms with Crippen molar-refractivity contribution in [1.29, 1.82) is 0 Å². The molecule has 6 aromatic rings. The molecule has 6 rings (SSSR count). The van der Waals surface area contributed by atoms with Crippen molar-refractivity contribution in [3.8, 4) is 34.0 Å². The van der Waals surface area contributed by atoms with E-state index in [4.69, 9.17) is 10.5 Å². The second-order valence-electron chi connectivity index (χ2n) is 8.59. The summed E-state index contributed by atoms with van der Waals surface area (Å²) in [5.74, 6) is 2.06. The third-order valence-electron chi connectivity index (χ3n) is 6.13. The number of hydrogen-bond acceptors (Lipinski definition) is 8. The molecule has 0 aliphatic carbocycles. The van der Waals surface area contributed by atoms with Gasteiger partial charge in [0, 0.05) is 45.5 Å². The molecule has 0 spiro atoms. The molecular weight excluding hydrogens is 478 g/mol. The second kappa shape index (κ2) is 10.00. The van der Waals surface area contributed by atoms with E-state index in [0.29, 0.717) is 23.3 Å². The number of H-pyrrole nitrogens is 1. The number of aliphatic hydroxyl groups is 1. The number of pyridine rings is 1. The van der Waals surface area contributed by atoms with Crippen LogP contribution in [0.4, 0.5) is 17.3 Å². The minimum absolute atomic E-state index is 0.0302. The molecule has 0 aliphatic heterocycles. The SMILES string of the molecule is Nc1n[nH]cc1-c1cccnc1Oc1ccc(Nc2nnc(-c3cccc(CO)c3)c3ccccc23)cc1. The number of aromatic nitrogens is 5. The molecule has 5 N–H and O–H groups in total. The number of aromatic amines is 1. The maximum absolute atomic E-state index is 9.53. The second-order valence-corrected chi connectivity index (χ2v) is 8.59. The lowest BCUT2D eigenvalue weighted by molar-refractivity contribution is 0.282. The molecule has 0 aliphatic rings. The van der Waals surface area contributed by atoms with E-state index in [1.807, 2.05) is 84.9 Å². The van der Waals surface area contributed by atoms with Crippen LogP contribution in [-0.4, -0.2) is 30.5 Å². The van der Waals surface area contributed by atoms with Gasteiger partial charge in [-0.05, 0) is 48.0 Å². The van der Waals surface area contributed by atoms with E-state index in [-0.39, 0.29) is 6.61 Å². The van der Waals surface area contributed by atoms with Crippen LogP contribution >= 0.6 is 0 Å². The topological polar surface area (TPSA) is 135 Å². The Morgan fingerprint density at radius 3 is 2.50 bits per heavy atom. The van der Waals surface area contributed by atoms with Gasteiger partial charge in [0.15, 0.2) is 11.6 Å². The van der Waals surface area contributed by atoms with Gasteiger partial charge >= 0.3 is 0 Å². The Hall–Kier alpha value is -5.28. The molecule has 3 aromatic carbocycles. The number of nitrogens with one attached hydrogen (secondary N) is 2. The quantitative estimate of drug-likeness (QED) is 0.219. The van der Waals surface area contributed by atoms with E-state index in [0.717, 1.165) is 44.4 Å². The molecule has 0 saturated heterocycles. The van der Waals surface area contributed by atoms with Crippen molar-refractivity contribution in [3.63, 3.8) is 0 Å². The van der Waals surface area contributed by atoms with Crippen LogP contribution in [0.1, 0.15) is 5.56 Å². The molecule has 0 radical (unpaired) electrons. The highest BCUT2D eigenvalue weighted by atomic mass is 16.5. The first-order valence-corrected chi connectivity index (χ1v) is 11.9. The molecule has 38 heavy (non-hydrogen) atoms. The number of nitrogen functional groups attached to an aromatic ring is 1. The lowest BCUT2D eigenvalue weighted by Crippen LogP contribution is -1.99. The molecule has 0 bridgehead atoms. The molecular formula is C29H23N7O2. The Balaban J connectivity index is 1.26. The van der Waals surface area contributed by atoms with Crippen LogP contribution in [-0.2, 0) is 6.61 Å². The van der Waals surface area contributed by atoms with Crippen LogP contribution in [0.3, 0.4) is 0 Å². The highest BCUT2D eigenvalue weighted by molar-refractivity contribution is 6.00. The van der Waals surface area contributed by atoms with Gasteiger partial charge in [-0.25, -0.2) is 4.98 Å². The Kier molecular flexibility index (Phi) is 6.09. The van der Waals surface area contributed by atoms with Crippen molar-refractivity contribution in [2.45, 2.75) is 6.61 Å². The maximum Gasteiger partial charge on any atom is 0.227 e. The van der Waals surface area contributed by atoms with Crippen LogP contribution in [0.2, 0.25) is 0 Å². The van der Waals surface area contributed by atoms with Gasteiger partial charge in [-0.1, -0.05) is 42.5 Å². The normalized spacial score (nSPS) is 11.0. The fourth-order valence-electron chi connectivity index (χ4n) is 4.27. The van der Waals surface area contributed by atoms with E-state index in [1.165, 1.54) is 0 Å². The van der Waals surface area contributed by atoms with Crippen LogP contribution < -0.4 is 15.8 Å². The van der Waals surface area contributed by atoms with Gasteiger partial charge in [0.25, 0.3) is 0 Å². The molecule has 0 atom stereocenters. The number of nitrogens with zero attached hydrogens (tertiary/aromatic N) is 4. The van der Waals surface area contributed by atoms with E-state index >= 15 is 0 Å². The standard InChI is InChI=1S/C29H23N7O2/c30-27-25(16-32-35-27)24-9-4-14-31-29(24)38-21-12-10-20(11-13-21)33-28-23-8-2-1-7-22(23)26(34-36-28)19-6-3-5-18(15-19)17-37/h1-16,37H,17H2,(H,33,36)(H3,30,32,35). The summed E-state index contributed by atoms with van der Waals surface area (Å²) in [6.07, 6.45) is 3.38. The molecule has 186 valence electrons. The van der Waals surface area contributed by atoms with E-state index in [2.05, 4.69) is 30.7 Å². The third kappa shape index (κ3) is 4.49. The smallest absolute Gasteiger partial charge is 0.227 e. The monoisotopic (exact) mass is 501 g/mol. The summed E-state index contributed by atoms with van der Waals surface area (Å²) in [6.45, 7) is -0.0302. The fourth-order valence-corrected chi connectivity index (χ4v) is 4.27. The van der Waals surface area contributed by atoms with Gasteiger partial charge in [0.05, 0.1) is 6.61 Å². The highest BCUT2D eigenvalue weighted by Crippen LogP contribution is 2.35. The highest BCUT2D eigenvalue weighted by Gasteiger charge is 2.14. The summed E-state index contributed by atoms with van der Waals surface area (Å²) >= 11 is 0. The third-order valence-corrected chi connectivity index (χ3v) is 6.13. The van der Waals surface area contributed by atoms with Crippen molar-refractivity contribution in [3.05, 3.63) is 103 Å². The van der Waals surface area contributed by atoms with Crippen molar-refractivity contribution < 1.29 is 9.84 Å². The Morgan fingerprint density at radius 1 is 0.868 bits per heavy atom. The lowest BCUT2D eigenvalue weighted by Gasteiger charge is -2.13. The van der Waals surface area contributed by atoms with Crippen molar-refractivity contribution in [2.75, 3.05) is 11.1 Å². The zero-order valence-electron chi connectivity index (χ0n) is 20.2. The first-order chi connectivity index (χ1) is 18.7. The van der Waals surface area contributed by atoms with Gasteiger partial charge < -0.3 is 20.9 Å². The molecule has 9 nitrogen and oxygen atoms in total. The number of benzene rings is 3. The van der Waals surface area contributed by atoms with Gasteiger partial charge in [-0.3, -0.25) is 5.10 Å². The van der Waals surface area contributed by atoms with Gasteiger partial charge in [-0.15, -0.1) is 10.2 Å². The molecule has 3 heterocycles. The van der Waals surface area contributed by atoms with E-state index < -0.39 is 0 Å². The minimum atomic E-state index is -0.0302. The van der Waals surface area contributed by atoms with Crippen molar-refractivity contribution >= 4 is 28.1 Å². The predicted octanol–water partition coefficient (Wildman–Crippen LogP) is 5.69. The number of aliphatic hydroxyl groups excluding tert-OH is 1. The van der Waals surface area contributed by atoms with Crippen LogP contribution in [0.25, 0.3) is 33.2 Å². The molecule has 0 amide bonds. The van der Waals surface area contributed by atoms with Gasteiger partial charge in [0.1, 0.15) is 11.4 Å². The number of fused-ring (bicyclic) bond motifs is 1. The molecule has 0 unspecified atom stereocenters. The predicted molar refractivity (Wildman–Crippen MR) is 147 cm³/mol. The summed E-state index contributed by atoms with van der Waals surface area (Å²) in [5.41, 5.74) is 10.7. The fraction of sp³-hybridized carbons (Fsp3) is 0.0345. The summed E-state index contributed by atoms with van der Waals surface area (Å²) in [5, 5.41) is 30.5. The van der Waals surface area contributed by atoms with Crippen molar-refractivity contribution in [2.24, 2.45) is 0 Å². The van der Waals surface area contributed by atoms with E-state index in [9.17, 15) is 5.11 Å². The summed E-state index contributed by atoms with van der Waals surface area (Å²) in [6, 6.07) is 26.9. The summed E-state index contributed by atoms with van der Waals surface area (Å²) in [7, 11) is 0. The van der Waals surface area contributed by atoms with Crippen LogP contribution in [0, 0.1) is 0 Å². The van der Waals surface area contributed by atoms with Crippen LogP contribution in [0.5, 0.6) is 11.6 Å². The average molecular weight is 502 g/mol. The Morgan fingerprint density at radius 2 is 1.71 bits per heavy atom. The maximum atomic E-state index is 9.53. The minimum Gasteiger partial charge on any atom is -0.438 e. The van der Waals surface area contributed by atoms with Crippen molar-refractivity contribution in [1.82, 2.24) is 25.4 Å². The molecule has 9 heteroatoms. The number of nitrogens with two attached hydrogens (primary N) is 1. The number of ether oxygens (including phenoxy) is 1. The lowest BCUT2D eigenvalue weighted by atomic mass is 10.0. The summed E-state index contributed by atoms with van der Waals surface area (Å²) < 4.78 is 6.07. The average Bonchev–Trinajstić information content (AvgIpc) is 3.40. The largest absolute Gasteiger partial charge is 0.438 e. The number of hydrogen-bond donors (Lipinski definition) is 4. The molecule has 3 aromatic heterocycles. The Bertz CT molecular complexity index is 1730. The van der Waals surface area contributed by atoms with Crippen LogP contribution in [0.15, 0.2) is 97.3 Å². The first kappa shape index (κ1) is 23.1. The first-order valence-electron chi connectivity index (χ1n) is 11.9. The van der Waals surface area contributed by atoms with Gasteiger partial charge in [0.2, 0.25) is 5.88 Å². The van der Waals surface area contributed by atoms with E-state index in [1.54, 1.807) is 12.4 Å². The van der Waals surface area contributed by atoms with Gasteiger partial charge in [-0.2, -0.15) is 5.10 Å². The number of rotatable bonds is 7. The zero-order chi connectivity index (χ0) is 25.9. The molecule has 0 saturated carbocycles.